The third-order valence-electron chi connectivity index (χ3n) is 3.66. The second-order valence-electron chi connectivity index (χ2n) is 5.10. The maximum atomic E-state index is 6.33. The Balaban J connectivity index is 1.91. The standard InChI is InChI=1S/C15H14BrCl2NS/c1-8-5-11(18)13(7-10(8)17)19-12-3-2-4-14-9(12)6-15(16)20-14/h5-7,12,19H,2-4H2,1H3. The lowest BCUT2D eigenvalue weighted by molar-refractivity contribution is 0.609. The molecule has 0 saturated carbocycles. The van der Waals surface area contributed by atoms with Crippen LogP contribution in [-0.2, 0) is 6.42 Å². The van der Waals surface area contributed by atoms with Crippen LogP contribution in [0.2, 0.25) is 10.0 Å². The lowest BCUT2D eigenvalue weighted by Crippen LogP contribution is -2.15. The van der Waals surface area contributed by atoms with E-state index >= 15 is 0 Å². The Bertz CT molecular complexity index is 654. The van der Waals surface area contributed by atoms with Crippen molar-refractivity contribution in [2.24, 2.45) is 0 Å². The zero-order valence-corrected chi connectivity index (χ0v) is 14.9. The number of hydrogen-bond acceptors (Lipinski definition) is 2. The lowest BCUT2D eigenvalue weighted by atomic mass is 9.94. The van der Waals surface area contributed by atoms with Crippen molar-refractivity contribution in [2.75, 3.05) is 5.32 Å². The summed E-state index contributed by atoms with van der Waals surface area (Å²) in [5, 5.41) is 5.04. The molecule has 0 aliphatic heterocycles. The van der Waals surface area contributed by atoms with E-state index in [1.165, 1.54) is 27.1 Å². The second-order valence-corrected chi connectivity index (χ2v) is 8.43. The van der Waals surface area contributed by atoms with Crippen LogP contribution < -0.4 is 5.32 Å². The number of hydrogen-bond donors (Lipinski definition) is 1. The molecule has 0 saturated heterocycles. The molecular weight excluding hydrogens is 377 g/mol. The molecule has 0 bridgehead atoms. The lowest BCUT2D eigenvalue weighted by Gasteiger charge is -2.25. The first kappa shape index (κ1) is 14.7. The van der Waals surface area contributed by atoms with Crippen molar-refractivity contribution in [3.63, 3.8) is 0 Å². The topological polar surface area (TPSA) is 12.0 Å². The molecule has 5 heteroatoms. The van der Waals surface area contributed by atoms with E-state index in [4.69, 9.17) is 23.2 Å². The minimum absolute atomic E-state index is 0.317. The van der Waals surface area contributed by atoms with Crippen LogP contribution in [0, 0.1) is 6.92 Å². The summed E-state index contributed by atoms with van der Waals surface area (Å²) in [7, 11) is 0. The van der Waals surface area contributed by atoms with E-state index in [0.29, 0.717) is 6.04 Å². The number of aryl methyl sites for hydroxylation is 2. The molecule has 1 atom stereocenters. The maximum absolute atomic E-state index is 6.33. The third kappa shape index (κ3) is 2.87. The van der Waals surface area contributed by atoms with Crippen molar-refractivity contribution in [2.45, 2.75) is 32.2 Å². The molecule has 1 N–H and O–H groups in total. The molecule has 0 fully saturated rings. The average Bonchev–Trinajstić information content (AvgIpc) is 2.77. The van der Waals surface area contributed by atoms with Crippen LogP contribution in [0.15, 0.2) is 22.0 Å². The van der Waals surface area contributed by atoms with Gasteiger partial charge in [0.1, 0.15) is 0 Å². The fourth-order valence-corrected chi connectivity index (χ4v) is 4.87. The van der Waals surface area contributed by atoms with Gasteiger partial charge in [-0.05, 0) is 71.4 Å². The maximum Gasteiger partial charge on any atom is 0.0705 e. The molecule has 1 aliphatic carbocycles. The number of anilines is 1. The predicted molar refractivity (Wildman–Crippen MR) is 92.5 cm³/mol. The van der Waals surface area contributed by atoms with Gasteiger partial charge in [0.25, 0.3) is 0 Å². The van der Waals surface area contributed by atoms with E-state index in [0.717, 1.165) is 27.7 Å². The first-order valence-electron chi connectivity index (χ1n) is 6.55. The van der Waals surface area contributed by atoms with Gasteiger partial charge in [0.05, 0.1) is 20.5 Å². The molecule has 20 heavy (non-hydrogen) atoms. The minimum Gasteiger partial charge on any atom is -0.377 e. The van der Waals surface area contributed by atoms with E-state index in [9.17, 15) is 0 Å². The van der Waals surface area contributed by atoms with Crippen LogP contribution in [0.25, 0.3) is 0 Å². The van der Waals surface area contributed by atoms with Gasteiger partial charge in [-0.2, -0.15) is 0 Å². The van der Waals surface area contributed by atoms with Crippen molar-refractivity contribution in [3.05, 3.63) is 48.0 Å². The van der Waals surface area contributed by atoms with Gasteiger partial charge in [0.2, 0.25) is 0 Å². The first-order chi connectivity index (χ1) is 9.54. The molecule has 1 aliphatic rings. The van der Waals surface area contributed by atoms with E-state index < -0.39 is 0 Å². The quantitative estimate of drug-likeness (QED) is 0.607. The molecule has 1 unspecified atom stereocenters. The smallest absolute Gasteiger partial charge is 0.0705 e. The van der Waals surface area contributed by atoms with Crippen molar-refractivity contribution < 1.29 is 0 Å². The van der Waals surface area contributed by atoms with Gasteiger partial charge in [0, 0.05) is 9.90 Å². The zero-order valence-electron chi connectivity index (χ0n) is 11.0. The zero-order chi connectivity index (χ0) is 14.3. The number of benzene rings is 1. The van der Waals surface area contributed by atoms with Gasteiger partial charge in [-0.3, -0.25) is 0 Å². The Labute approximate surface area is 141 Å². The fraction of sp³-hybridized carbons (Fsp3) is 0.333. The molecule has 0 amide bonds. The number of thiophene rings is 1. The van der Waals surface area contributed by atoms with Gasteiger partial charge in [0.15, 0.2) is 0 Å². The van der Waals surface area contributed by atoms with E-state index in [2.05, 4.69) is 27.3 Å². The van der Waals surface area contributed by atoms with Gasteiger partial charge < -0.3 is 5.32 Å². The van der Waals surface area contributed by atoms with Crippen LogP contribution in [0.4, 0.5) is 5.69 Å². The average molecular weight is 391 g/mol. The molecule has 1 heterocycles. The highest BCUT2D eigenvalue weighted by molar-refractivity contribution is 9.11. The predicted octanol–water partition coefficient (Wildman–Crippen LogP) is 6.62. The summed E-state index contributed by atoms with van der Waals surface area (Å²) in [5.74, 6) is 0. The number of nitrogens with one attached hydrogen (secondary N) is 1. The molecule has 1 aromatic carbocycles. The van der Waals surface area contributed by atoms with Crippen LogP contribution in [0.3, 0.4) is 0 Å². The Morgan fingerprint density at radius 2 is 2.05 bits per heavy atom. The van der Waals surface area contributed by atoms with Crippen LogP contribution >= 0.6 is 50.5 Å². The molecular formula is C15H14BrCl2NS. The van der Waals surface area contributed by atoms with Gasteiger partial charge in [-0.1, -0.05) is 23.2 Å². The van der Waals surface area contributed by atoms with Crippen LogP contribution in [0.5, 0.6) is 0 Å². The summed E-state index contributed by atoms with van der Waals surface area (Å²) in [5.41, 5.74) is 3.31. The van der Waals surface area contributed by atoms with Crippen molar-refractivity contribution >= 4 is 56.2 Å². The monoisotopic (exact) mass is 389 g/mol. The summed E-state index contributed by atoms with van der Waals surface area (Å²) >= 11 is 17.9. The van der Waals surface area contributed by atoms with Crippen molar-refractivity contribution in [1.29, 1.82) is 0 Å². The fourth-order valence-electron chi connectivity index (χ4n) is 2.62. The number of rotatable bonds is 2. The minimum atomic E-state index is 0.317. The molecule has 3 rings (SSSR count). The Morgan fingerprint density at radius 3 is 2.85 bits per heavy atom. The van der Waals surface area contributed by atoms with Gasteiger partial charge in [-0.25, -0.2) is 0 Å². The van der Waals surface area contributed by atoms with E-state index in [1.807, 2.05) is 30.4 Å². The number of halogens is 3. The van der Waals surface area contributed by atoms with Crippen molar-refractivity contribution in [1.82, 2.24) is 0 Å². The normalized spacial score (nSPS) is 17.9. The van der Waals surface area contributed by atoms with E-state index in [-0.39, 0.29) is 0 Å². The molecule has 0 spiro atoms. The van der Waals surface area contributed by atoms with Crippen molar-refractivity contribution in [3.8, 4) is 0 Å². The van der Waals surface area contributed by atoms with E-state index in [1.54, 1.807) is 0 Å². The molecule has 1 aromatic heterocycles. The Morgan fingerprint density at radius 1 is 1.25 bits per heavy atom. The van der Waals surface area contributed by atoms with Gasteiger partial charge >= 0.3 is 0 Å². The molecule has 1 nitrogen and oxygen atoms in total. The summed E-state index contributed by atoms with van der Waals surface area (Å²) in [4.78, 5) is 1.47. The Kier molecular flexibility index (Phi) is 4.32. The highest BCUT2D eigenvalue weighted by Gasteiger charge is 2.23. The highest BCUT2D eigenvalue weighted by atomic mass is 79.9. The summed E-state index contributed by atoms with van der Waals surface area (Å²) in [6.07, 6.45) is 3.50. The molecule has 106 valence electrons. The second kappa shape index (κ2) is 5.88. The van der Waals surface area contributed by atoms with Crippen LogP contribution in [0.1, 0.15) is 34.9 Å². The summed E-state index contributed by atoms with van der Waals surface area (Å²) in [6.45, 7) is 1.96. The molecule has 2 aromatic rings. The SMILES string of the molecule is Cc1cc(Cl)c(NC2CCCc3sc(Br)cc32)cc1Cl. The third-order valence-corrected chi connectivity index (χ3v) is 6.10. The highest BCUT2D eigenvalue weighted by Crippen LogP contribution is 2.41. The molecule has 0 radical (unpaired) electrons. The summed E-state index contributed by atoms with van der Waals surface area (Å²) < 4.78 is 1.20. The Hall–Kier alpha value is -0.220. The number of fused-ring (bicyclic) bond motifs is 1. The summed E-state index contributed by atoms with van der Waals surface area (Å²) in [6, 6.07) is 6.38. The first-order valence-corrected chi connectivity index (χ1v) is 8.91. The van der Waals surface area contributed by atoms with Gasteiger partial charge in [-0.15, -0.1) is 11.3 Å². The largest absolute Gasteiger partial charge is 0.377 e. The van der Waals surface area contributed by atoms with Crippen LogP contribution in [-0.4, -0.2) is 0 Å².